The minimum Gasteiger partial charge on any atom is -0.396 e. The summed E-state index contributed by atoms with van der Waals surface area (Å²) in [4.78, 5) is 11.7. The molecule has 14 heavy (non-hydrogen) atoms. The zero-order valence-corrected chi connectivity index (χ0v) is 8.31. The molecule has 5 nitrogen and oxygen atoms in total. The summed E-state index contributed by atoms with van der Waals surface area (Å²) in [6.07, 6.45) is 1.73. The monoisotopic (exact) mass is 197 g/mol. The van der Waals surface area contributed by atoms with E-state index in [9.17, 15) is 4.79 Å². The molecule has 0 aliphatic carbocycles. The van der Waals surface area contributed by atoms with Gasteiger partial charge in [-0.05, 0) is 13.3 Å². The topological polar surface area (TPSA) is 60.0 Å². The van der Waals surface area contributed by atoms with Crippen LogP contribution >= 0.6 is 0 Å². The Balaban J connectivity index is 2.36. The van der Waals surface area contributed by atoms with Crippen LogP contribution in [0.4, 0.5) is 0 Å². The maximum absolute atomic E-state index is 11.7. The number of aryl methyl sites for hydroxylation is 2. The van der Waals surface area contributed by atoms with Gasteiger partial charge in [-0.25, -0.2) is 9.48 Å². The summed E-state index contributed by atoms with van der Waals surface area (Å²) < 4.78 is 3.17. The highest BCUT2D eigenvalue weighted by Gasteiger charge is 2.22. The lowest BCUT2D eigenvalue weighted by Crippen LogP contribution is -2.31. The van der Waals surface area contributed by atoms with Crippen molar-refractivity contribution in [1.29, 1.82) is 0 Å². The van der Waals surface area contributed by atoms with E-state index in [4.69, 9.17) is 5.11 Å². The highest BCUT2D eigenvalue weighted by Crippen LogP contribution is 2.15. The highest BCUT2D eigenvalue weighted by molar-refractivity contribution is 4.93. The van der Waals surface area contributed by atoms with Gasteiger partial charge in [-0.2, -0.15) is 5.10 Å². The Kier molecular flexibility index (Phi) is 2.41. The van der Waals surface area contributed by atoms with Gasteiger partial charge in [0.15, 0.2) is 0 Å². The van der Waals surface area contributed by atoms with Gasteiger partial charge in [0, 0.05) is 32.0 Å². The van der Waals surface area contributed by atoms with Crippen molar-refractivity contribution in [1.82, 2.24) is 14.3 Å². The molecule has 0 bridgehead atoms. The molecule has 1 aliphatic heterocycles. The Morgan fingerprint density at radius 1 is 1.64 bits per heavy atom. The fourth-order valence-corrected chi connectivity index (χ4v) is 1.89. The van der Waals surface area contributed by atoms with E-state index >= 15 is 0 Å². The standard InChI is InChI=1S/C9H15N3O2/c1-2-12-9(14)11-5-7(6-13)3-4-8(11)10-12/h7,13H,2-6H2,1H3. The largest absolute Gasteiger partial charge is 0.396 e. The molecular formula is C9H15N3O2. The van der Waals surface area contributed by atoms with Gasteiger partial charge in [-0.15, -0.1) is 0 Å². The number of aliphatic hydroxyl groups excluding tert-OH is 1. The first-order valence-electron chi connectivity index (χ1n) is 5.03. The van der Waals surface area contributed by atoms with Crippen molar-refractivity contribution in [3.05, 3.63) is 16.3 Å². The summed E-state index contributed by atoms with van der Waals surface area (Å²) in [5.41, 5.74) is -0.0411. The minimum absolute atomic E-state index is 0.0411. The first kappa shape index (κ1) is 9.45. The van der Waals surface area contributed by atoms with Crippen LogP contribution in [-0.4, -0.2) is 26.1 Å². The lowest BCUT2D eigenvalue weighted by molar-refractivity contribution is 0.189. The predicted molar refractivity (Wildman–Crippen MR) is 51.1 cm³/mol. The minimum atomic E-state index is -0.0411. The van der Waals surface area contributed by atoms with Gasteiger partial charge in [0.25, 0.3) is 0 Å². The average Bonchev–Trinajstić information content (AvgIpc) is 2.55. The van der Waals surface area contributed by atoms with Crippen molar-refractivity contribution in [3.8, 4) is 0 Å². The molecular weight excluding hydrogens is 182 g/mol. The number of aromatic nitrogens is 3. The molecule has 0 spiro atoms. The van der Waals surface area contributed by atoms with Crippen LogP contribution in [0.25, 0.3) is 0 Å². The summed E-state index contributed by atoms with van der Waals surface area (Å²) in [5.74, 6) is 1.08. The van der Waals surface area contributed by atoms with Crippen molar-refractivity contribution in [2.24, 2.45) is 5.92 Å². The first-order chi connectivity index (χ1) is 6.76. The van der Waals surface area contributed by atoms with Gasteiger partial charge in [-0.3, -0.25) is 4.57 Å². The number of nitrogens with zero attached hydrogens (tertiary/aromatic N) is 3. The van der Waals surface area contributed by atoms with Crippen LogP contribution in [0.15, 0.2) is 4.79 Å². The molecule has 1 aromatic rings. The number of hydrogen-bond donors (Lipinski definition) is 1. The highest BCUT2D eigenvalue weighted by atomic mass is 16.3. The summed E-state index contributed by atoms with van der Waals surface area (Å²) in [6, 6.07) is 0. The SMILES string of the molecule is CCn1nc2n(c1=O)CC(CO)CC2. The number of fused-ring (bicyclic) bond motifs is 1. The van der Waals surface area contributed by atoms with E-state index in [1.165, 1.54) is 4.68 Å². The van der Waals surface area contributed by atoms with E-state index in [0.717, 1.165) is 18.7 Å². The van der Waals surface area contributed by atoms with E-state index in [2.05, 4.69) is 5.10 Å². The van der Waals surface area contributed by atoms with Crippen LogP contribution in [-0.2, 0) is 19.5 Å². The number of rotatable bonds is 2. The molecule has 2 heterocycles. The Labute approximate surface area is 82.0 Å². The molecule has 1 N–H and O–H groups in total. The van der Waals surface area contributed by atoms with Crippen LogP contribution in [0.2, 0.25) is 0 Å². The Morgan fingerprint density at radius 2 is 2.43 bits per heavy atom. The van der Waals surface area contributed by atoms with E-state index in [1.807, 2.05) is 6.92 Å². The molecule has 78 valence electrons. The second-order valence-corrected chi connectivity index (χ2v) is 3.71. The second kappa shape index (κ2) is 3.57. The number of aliphatic hydroxyl groups is 1. The van der Waals surface area contributed by atoms with Crippen LogP contribution in [0.3, 0.4) is 0 Å². The molecule has 5 heteroatoms. The Hall–Kier alpha value is -1.10. The molecule has 1 aliphatic rings. The third-order valence-electron chi connectivity index (χ3n) is 2.77. The molecule has 1 atom stereocenters. The molecule has 0 aromatic carbocycles. The van der Waals surface area contributed by atoms with E-state index in [-0.39, 0.29) is 18.2 Å². The van der Waals surface area contributed by atoms with Crippen LogP contribution < -0.4 is 5.69 Å². The summed E-state index contributed by atoms with van der Waals surface area (Å²) >= 11 is 0. The van der Waals surface area contributed by atoms with Crippen LogP contribution in [0.1, 0.15) is 19.2 Å². The molecule has 0 amide bonds. The summed E-state index contributed by atoms with van der Waals surface area (Å²) in [7, 11) is 0. The number of hydrogen-bond acceptors (Lipinski definition) is 3. The second-order valence-electron chi connectivity index (χ2n) is 3.71. The molecule has 0 radical (unpaired) electrons. The first-order valence-corrected chi connectivity index (χ1v) is 5.03. The molecule has 0 saturated heterocycles. The Bertz CT molecular complexity index is 380. The zero-order valence-electron chi connectivity index (χ0n) is 8.31. The predicted octanol–water partition coefficient (Wildman–Crippen LogP) is -0.381. The van der Waals surface area contributed by atoms with Crippen molar-refractivity contribution < 1.29 is 5.11 Å². The third kappa shape index (κ3) is 1.37. The van der Waals surface area contributed by atoms with Crippen molar-refractivity contribution in [2.75, 3.05) is 6.61 Å². The maximum atomic E-state index is 11.7. The van der Waals surface area contributed by atoms with Crippen molar-refractivity contribution >= 4 is 0 Å². The summed E-state index contributed by atoms with van der Waals surface area (Å²) in [6.45, 7) is 3.29. The van der Waals surface area contributed by atoms with Gasteiger partial charge in [0.2, 0.25) is 0 Å². The quantitative estimate of drug-likeness (QED) is 0.703. The molecule has 0 saturated carbocycles. The van der Waals surface area contributed by atoms with E-state index in [0.29, 0.717) is 13.1 Å². The van der Waals surface area contributed by atoms with Crippen molar-refractivity contribution in [2.45, 2.75) is 32.9 Å². The average molecular weight is 197 g/mol. The smallest absolute Gasteiger partial charge is 0.345 e. The van der Waals surface area contributed by atoms with Gasteiger partial charge in [-0.1, -0.05) is 0 Å². The van der Waals surface area contributed by atoms with Gasteiger partial charge in [0.1, 0.15) is 5.82 Å². The lowest BCUT2D eigenvalue weighted by atomic mass is 10.0. The van der Waals surface area contributed by atoms with E-state index < -0.39 is 0 Å². The fourth-order valence-electron chi connectivity index (χ4n) is 1.89. The molecule has 1 unspecified atom stereocenters. The fraction of sp³-hybridized carbons (Fsp3) is 0.778. The van der Waals surface area contributed by atoms with E-state index in [1.54, 1.807) is 4.57 Å². The van der Waals surface area contributed by atoms with Gasteiger partial charge in [0.05, 0.1) is 0 Å². The van der Waals surface area contributed by atoms with Gasteiger partial charge < -0.3 is 5.11 Å². The normalized spacial score (nSPS) is 20.9. The third-order valence-corrected chi connectivity index (χ3v) is 2.77. The molecule has 2 rings (SSSR count). The van der Waals surface area contributed by atoms with Gasteiger partial charge >= 0.3 is 5.69 Å². The zero-order chi connectivity index (χ0) is 10.1. The summed E-state index contributed by atoms with van der Waals surface area (Å²) in [5, 5.41) is 13.3. The maximum Gasteiger partial charge on any atom is 0.345 e. The molecule has 1 aromatic heterocycles. The van der Waals surface area contributed by atoms with Crippen LogP contribution in [0.5, 0.6) is 0 Å². The van der Waals surface area contributed by atoms with Crippen LogP contribution in [0, 0.1) is 5.92 Å². The Morgan fingerprint density at radius 3 is 3.07 bits per heavy atom. The molecule has 0 fully saturated rings. The lowest BCUT2D eigenvalue weighted by Gasteiger charge is -2.19. The van der Waals surface area contributed by atoms with Crippen molar-refractivity contribution in [3.63, 3.8) is 0 Å².